The van der Waals surface area contributed by atoms with Crippen molar-refractivity contribution in [1.29, 1.82) is 0 Å². The van der Waals surface area contributed by atoms with E-state index in [1.165, 1.54) is 4.90 Å². The van der Waals surface area contributed by atoms with Gasteiger partial charge in [0.2, 0.25) is 0 Å². The quantitative estimate of drug-likeness (QED) is 0.430. The lowest BCUT2D eigenvalue weighted by Gasteiger charge is -2.20. The van der Waals surface area contributed by atoms with Gasteiger partial charge in [0.25, 0.3) is 5.91 Å². The number of amides is 1. The molecule has 0 aliphatic rings. The zero-order valence-electron chi connectivity index (χ0n) is 15.8. The van der Waals surface area contributed by atoms with Gasteiger partial charge >= 0.3 is 0 Å². The van der Waals surface area contributed by atoms with Crippen molar-refractivity contribution in [2.24, 2.45) is 0 Å². The second-order valence-corrected chi connectivity index (χ2v) is 8.26. The highest BCUT2D eigenvalue weighted by molar-refractivity contribution is 7.98. The van der Waals surface area contributed by atoms with E-state index in [2.05, 4.69) is 23.3 Å². The van der Waals surface area contributed by atoms with Crippen molar-refractivity contribution in [2.75, 3.05) is 38.3 Å². The molecule has 0 spiro atoms. The van der Waals surface area contributed by atoms with E-state index in [-0.39, 0.29) is 5.91 Å². The molecule has 0 aliphatic heterocycles. The number of aromatic nitrogens is 1. The van der Waals surface area contributed by atoms with Crippen LogP contribution in [0.4, 0.5) is 5.13 Å². The number of anilines is 1. The maximum atomic E-state index is 12.9. The Bertz CT molecular complexity index is 935. The average Bonchev–Trinajstić information content (AvgIpc) is 3.09. The third-order valence-electron chi connectivity index (χ3n) is 4.07. The van der Waals surface area contributed by atoms with Gasteiger partial charge < -0.3 is 4.90 Å². The predicted molar refractivity (Wildman–Crippen MR) is 118 cm³/mol. The molecule has 0 saturated heterocycles. The molecule has 2 aromatic carbocycles. The second-order valence-electron chi connectivity index (χ2n) is 6.37. The summed E-state index contributed by atoms with van der Waals surface area (Å²) >= 11 is 3.27. The molecule has 3 aromatic rings. The van der Waals surface area contributed by atoms with Crippen molar-refractivity contribution in [2.45, 2.75) is 4.90 Å². The smallest absolute Gasteiger partial charge is 0.252 e. The summed E-state index contributed by atoms with van der Waals surface area (Å²) in [6.45, 7) is 1.37. The lowest BCUT2D eigenvalue weighted by atomic mass is 10.2. The Labute approximate surface area is 168 Å². The van der Waals surface area contributed by atoms with Crippen LogP contribution in [-0.4, -0.2) is 49.2 Å². The Hall–Kier alpha value is -2.15. The molecule has 0 bridgehead atoms. The van der Waals surface area contributed by atoms with E-state index in [0.717, 1.165) is 27.5 Å². The first-order valence-corrected chi connectivity index (χ1v) is 10.7. The van der Waals surface area contributed by atoms with Crippen molar-refractivity contribution in [3.63, 3.8) is 0 Å². The topological polar surface area (TPSA) is 36.4 Å². The van der Waals surface area contributed by atoms with Crippen LogP contribution in [0.5, 0.6) is 0 Å². The Morgan fingerprint density at radius 1 is 1.15 bits per heavy atom. The Morgan fingerprint density at radius 2 is 1.93 bits per heavy atom. The average molecular weight is 398 g/mol. The van der Waals surface area contributed by atoms with Crippen molar-refractivity contribution < 1.29 is 4.79 Å². The zero-order chi connectivity index (χ0) is 19.2. The van der Waals surface area contributed by atoms with E-state index in [9.17, 15) is 4.79 Å². The number of fused-ring (bicyclic) bond motifs is 1. The molecular formula is C21H23N3OS2. The fourth-order valence-electron chi connectivity index (χ4n) is 2.56. The van der Waals surface area contributed by atoms with Gasteiger partial charge in [-0.05, 0) is 50.2 Å². The summed E-state index contributed by atoms with van der Waals surface area (Å²) in [5, 5.41) is 0.743. The van der Waals surface area contributed by atoms with Crippen LogP contribution in [0.25, 0.3) is 16.3 Å². The summed E-state index contributed by atoms with van der Waals surface area (Å²) < 4.78 is 1.10. The maximum Gasteiger partial charge on any atom is 0.252 e. The minimum atomic E-state index is -0.0511. The molecule has 1 aromatic heterocycles. The van der Waals surface area contributed by atoms with Crippen LogP contribution < -0.4 is 4.90 Å². The number of carbonyl (C=O) groups is 1. The standard InChI is InChI=1S/C21H23N3OS2/c1-23(2)13-14-24(20(25)12-9-16-7-5-4-6-8-16)21-22-18-11-10-17(26-3)15-19(18)27-21/h4-12,15H,13-14H2,1-3H3. The summed E-state index contributed by atoms with van der Waals surface area (Å²) in [4.78, 5) is 22.7. The van der Waals surface area contributed by atoms with Crippen LogP contribution in [-0.2, 0) is 4.79 Å². The van der Waals surface area contributed by atoms with Gasteiger partial charge in [-0.15, -0.1) is 11.8 Å². The Morgan fingerprint density at radius 3 is 2.63 bits per heavy atom. The summed E-state index contributed by atoms with van der Waals surface area (Å²) in [5.41, 5.74) is 1.94. The minimum absolute atomic E-state index is 0.0511. The molecule has 140 valence electrons. The first-order valence-electron chi connectivity index (χ1n) is 8.71. The van der Waals surface area contributed by atoms with Crippen molar-refractivity contribution in [1.82, 2.24) is 9.88 Å². The van der Waals surface area contributed by atoms with Gasteiger partial charge in [0.15, 0.2) is 5.13 Å². The molecule has 6 heteroatoms. The predicted octanol–water partition coefficient (Wildman–Crippen LogP) is 4.63. The van der Waals surface area contributed by atoms with Crippen LogP contribution in [0.2, 0.25) is 0 Å². The number of likely N-dealkylation sites (N-methyl/N-ethyl adjacent to an activating group) is 1. The van der Waals surface area contributed by atoms with E-state index in [1.807, 2.05) is 56.6 Å². The molecule has 3 rings (SSSR count). The Kier molecular flexibility index (Phi) is 6.66. The number of benzene rings is 2. The normalized spacial score (nSPS) is 11.6. The van der Waals surface area contributed by atoms with Gasteiger partial charge in [0, 0.05) is 24.1 Å². The number of thiazole rings is 1. The fraction of sp³-hybridized carbons (Fsp3) is 0.238. The molecule has 0 atom stereocenters. The number of thioether (sulfide) groups is 1. The molecule has 0 fully saturated rings. The van der Waals surface area contributed by atoms with Crippen molar-refractivity contribution in [3.8, 4) is 0 Å². The Balaban J connectivity index is 1.88. The van der Waals surface area contributed by atoms with Crippen molar-refractivity contribution in [3.05, 3.63) is 60.2 Å². The van der Waals surface area contributed by atoms with Crippen LogP contribution in [0.1, 0.15) is 5.56 Å². The van der Waals surface area contributed by atoms with Gasteiger partial charge in [0.05, 0.1) is 10.2 Å². The molecule has 0 N–H and O–H groups in total. The SMILES string of the molecule is CSc1ccc2nc(N(CCN(C)C)C(=O)C=Cc3ccccc3)sc2c1. The van der Waals surface area contributed by atoms with Gasteiger partial charge in [-0.25, -0.2) is 4.98 Å². The van der Waals surface area contributed by atoms with Gasteiger partial charge in [-0.2, -0.15) is 0 Å². The van der Waals surface area contributed by atoms with Gasteiger partial charge in [0.1, 0.15) is 0 Å². The highest BCUT2D eigenvalue weighted by atomic mass is 32.2. The molecule has 0 unspecified atom stereocenters. The lowest BCUT2D eigenvalue weighted by Crippen LogP contribution is -2.35. The third kappa shape index (κ3) is 5.19. The summed E-state index contributed by atoms with van der Waals surface area (Å²) in [6.07, 6.45) is 5.54. The summed E-state index contributed by atoms with van der Waals surface area (Å²) in [6, 6.07) is 16.1. The number of hydrogen-bond acceptors (Lipinski definition) is 5. The van der Waals surface area contributed by atoms with Crippen molar-refractivity contribution >= 4 is 50.4 Å². The van der Waals surface area contributed by atoms with Gasteiger partial charge in [-0.3, -0.25) is 9.69 Å². The molecular weight excluding hydrogens is 374 g/mol. The molecule has 4 nitrogen and oxygen atoms in total. The molecule has 27 heavy (non-hydrogen) atoms. The van der Waals surface area contributed by atoms with E-state index in [1.54, 1.807) is 34.1 Å². The third-order valence-corrected chi connectivity index (χ3v) is 5.84. The summed E-state index contributed by atoms with van der Waals surface area (Å²) in [5.74, 6) is -0.0511. The number of hydrogen-bond donors (Lipinski definition) is 0. The highest BCUT2D eigenvalue weighted by Gasteiger charge is 2.18. The van der Waals surface area contributed by atoms with E-state index >= 15 is 0 Å². The summed E-state index contributed by atoms with van der Waals surface area (Å²) in [7, 11) is 4.01. The number of nitrogens with zero attached hydrogens (tertiary/aromatic N) is 3. The maximum absolute atomic E-state index is 12.9. The minimum Gasteiger partial charge on any atom is -0.308 e. The van der Waals surface area contributed by atoms with Gasteiger partial charge in [-0.1, -0.05) is 41.7 Å². The molecule has 0 aliphatic carbocycles. The lowest BCUT2D eigenvalue weighted by molar-refractivity contribution is -0.114. The number of rotatable bonds is 7. The first-order chi connectivity index (χ1) is 13.1. The van der Waals surface area contributed by atoms with Crippen LogP contribution in [0.15, 0.2) is 59.5 Å². The monoisotopic (exact) mass is 397 g/mol. The largest absolute Gasteiger partial charge is 0.308 e. The first kappa shape index (κ1) is 19.6. The highest BCUT2D eigenvalue weighted by Crippen LogP contribution is 2.31. The van der Waals surface area contributed by atoms with E-state index in [4.69, 9.17) is 4.98 Å². The van der Waals surface area contributed by atoms with Crippen LogP contribution >= 0.6 is 23.1 Å². The molecule has 0 radical (unpaired) electrons. The van der Waals surface area contributed by atoms with E-state index in [0.29, 0.717) is 6.54 Å². The molecule has 0 saturated carbocycles. The molecule has 1 heterocycles. The zero-order valence-corrected chi connectivity index (χ0v) is 17.4. The number of carbonyl (C=O) groups excluding carboxylic acids is 1. The van der Waals surface area contributed by atoms with Crippen LogP contribution in [0.3, 0.4) is 0 Å². The van der Waals surface area contributed by atoms with Crippen LogP contribution in [0, 0.1) is 0 Å². The molecule has 1 amide bonds. The fourth-order valence-corrected chi connectivity index (χ4v) is 4.11. The van der Waals surface area contributed by atoms with E-state index < -0.39 is 0 Å². The second kappa shape index (κ2) is 9.17.